The van der Waals surface area contributed by atoms with Gasteiger partial charge >= 0.3 is 0 Å². The number of thioether (sulfide) groups is 1. The molecule has 34 heavy (non-hydrogen) atoms. The Labute approximate surface area is 205 Å². The third kappa shape index (κ3) is 3.18. The molecule has 6 atom stereocenters. The highest BCUT2D eigenvalue weighted by Crippen LogP contribution is 2.66. The van der Waals surface area contributed by atoms with Crippen molar-refractivity contribution in [3.8, 4) is 0 Å². The first-order valence-corrected chi connectivity index (χ1v) is 14.0. The summed E-state index contributed by atoms with van der Waals surface area (Å²) in [6, 6.07) is 0. The standard InChI is InChI=1S/C27H34N4O2S/c1-26-10-8-17(32)12-16(26)4-5-18-19-6-7-21(27(19,2)11-9-20(18)26)22(33)13-31-15-30-24-23(31)25(34-3)29-14-28-24/h12,14-15,18-21H,4-11,13H2,1-3H3/t18?,19?,20?,21?,26-,27-/m1/s1. The maximum atomic E-state index is 13.8. The van der Waals surface area contributed by atoms with Gasteiger partial charge < -0.3 is 4.57 Å². The number of fused-ring (bicyclic) bond motifs is 6. The lowest BCUT2D eigenvalue weighted by molar-refractivity contribution is -0.131. The SMILES string of the molecule is CSc1ncnc2ncn(CC(=O)C3CCC4C5CCC6=CC(=O)CC[C@@]6(C)C5CC[C@@]34C)c12. The second-order valence-corrected chi connectivity index (χ2v) is 12.3. The average molecular weight is 479 g/mol. The fourth-order valence-electron chi connectivity index (χ4n) is 8.52. The zero-order valence-electron chi connectivity index (χ0n) is 20.4. The van der Waals surface area contributed by atoms with Crippen molar-refractivity contribution in [3.05, 3.63) is 24.3 Å². The highest BCUT2D eigenvalue weighted by molar-refractivity contribution is 7.98. The molecule has 0 radical (unpaired) electrons. The van der Waals surface area contributed by atoms with Crippen molar-refractivity contribution in [2.24, 2.45) is 34.5 Å². The summed E-state index contributed by atoms with van der Waals surface area (Å²) < 4.78 is 1.96. The molecule has 6 rings (SSSR count). The summed E-state index contributed by atoms with van der Waals surface area (Å²) in [4.78, 5) is 39.0. The molecule has 7 heteroatoms. The van der Waals surface area contributed by atoms with Crippen LogP contribution >= 0.6 is 11.8 Å². The minimum Gasteiger partial charge on any atom is -0.319 e. The summed E-state index contributed by atoms with van der Waals surface area (Å²) in [7, 11) is 0. The molecule has 0 aliphatic heterocycles. The largest absolute Gasteiger partial charge is 0.319 e. The van der Waals surface area contributed by atoms with Crippen LogP contribution in [0.3, 0.4) is 0 Å². The van der Waals surface area contributed by atoms with Crippen molar-refractivity contribution in [1.82, 2.24) is 19.5 Å². The van der Waals surface area contributed by atoms with Gasteiger partial charge in [-0.05, 0) is 85.9 Å². The van der Waals surface area contributed by atoms with Crippen LogP contribution in [0.5, 0.6) is 0 Å². The number of aromatic nitrogens is 4. The lowest BCUT2D eigenvalue weighted by Crippen LogP contribution is -2.51. The van der Waals surface area contributed by atoms with Crippen LogP contribution in [0.2, 0.25) is 0 Å². The molecule has 2 aromatic rings. The van der Waals surface area contributed by atoms with Gasteiger partial charge in [-0.2, -0.15) is 0 Å². The molecule has 0 saturated heterocycles. The Morgan fingerprint density at radius 1 is 1.09 bits per heavy atom. The number of nitrogens with zero attached hydrogens (tertiary/aromatic N) is 4. The second-order valence-electron chi connectivity index (χ2n) is 11.5. The molecular weight excluding hydrogens is 444 g/mol. The van der Waals surface area contributed by atoms with Gasteiger partial charge in [0, 0.05) is 12.3 Å². The Balaban J connectivity index is 1.25. The van der Waals surface area contributed by atoms with Crippen LogP contribution in [0.4, 0.5) is 0 Å². The topological polar surface area (TPSA) is 77.7 Å². The number of hydrogen-bond acceptors (Lipinski definition) is 6. The predicted molar refractivity (Wildman–Crippen MR) is 132 cm³/mol. The van der Waals surface area contributed by atoms with Gasteiger partial charge in [0.15, 0.2) is 17.2 Å². The van der Waals surface area contributed by atoms with Gasteiger partial charge in [-0.3, -0.25) is 9.59 Å². The van der Waals surface area contributed by atoms with E-state index >= 15 is 0 Å². The number of imidazole rings is 1. The molecule has 4 unspecified atom stereocenters. The number of ketones is 2. The highest BCUT2D eigenvalue weighted by Gasteiger charge is 2.60. The summed E-state index contributed by atoms with van der Waals surface area (Å²) >= 11 is 1.57. The fraction of sp³-hybridized carbons (Fsp3) is 0.667. The lowest BCUT2D eigenvalue weighted by Gasteiger charge is -2.58. The van der Waals surface area contributed by atoms with E-state index in [1.807, 2.05) is 16.9 Å². The van der Waals surface area contributed by atoms with Gasteiger partial charge in [0.05, 0.1) is 12.9 Å². The van der Waals surface area contributed by atoms with E-state index in [9.17, 15) is 9.59 Å². The number of Topliss-reactive ketones (excluding diaryl/α,β-unsaturated/α-hetero) is 1. The summed E-state index contributed by atoms with van der Waals surface area (Å²) in [5.41, 5.74) is 3.21. The molecule has 4 aliphatic carbocycles. The molecule has 2 aromatic heterocycles. The Hall–Kier alpha value is -2.02. The number of rotatable bonds is 4. The van der Waals surface area contributed by atoms with Gasteiger partial charge in [0.25, 0.3) is 0 Å². The Kier molecular flexibility index (Phi) is 5.28. The second kappa shape index (κ2) is 8.00. The number of allylic oxidation sites excluding steroid dienone is 1. The lowest BCUT2D eigenvalue weighted by atomic mass is 9.46. The third-order valence-corrected chi connectivity index (χ3v) is 10.9. The quantitative estimate of drug-likeness (QED) is 0.440. The number of hydrogen-bond donors (Lipinski definition) is 0. The van der Waals surface area contributed by atoms with Gasteiger partial charge in [-0.15, -0.1) is 11.8 Å². The summed E-state index contributed by atoms with van der Waals surface area (Å²) in [6.45, 7) is 5.19. The van der Waals surface area contributed by atoms with E-state index in [-0.39, 0.29) is 16.7 Å². The van der Waals surface area contributed by atoms with E-state index in [0.717, 1.165) is 42.6 Å². The molecule has 0 bridgehead atoms. The fourth-order valence-corrected chi connectivity index (χ4v) is 9.07. The normalized spacial score (nSPS) is 37.1. The minimum atomic E-state index is 0.0789. The molecule has 0 spiro atoms. The number of carbonyl (C=O) groups excluding carboxylic acids is 2. The molecule has 2 heterocycles. The van der Waals surface area contributed by atoms with E-state index in [2.05, 4.69) is 28.8 Å². The van der Waals surface area contributed by atoms with Crippen LogP contribution in [0.15, 0.2) is 29.3 Å². The van der Waals surface area contributed by atoms with Crippen LogP contribution in [-0.2, 0) is 16.1 Å². The van der Waals surface area contributed by atoms with Gasteiger partial charge in [-0.25, -0.2) is 15.0 Å². The molecule has 6 nitrogen and oxygen atoms in total. The van der Waals surface area contributed by atoms with Crippen LogP contribution in [0.1, 0.15) is 65.2 Å². The van der Waals surface area contributed by atoms with E-state index in [0.29, 0.717) is 47.9 Å². The third-order valence-electron chi connectivity index (χ3n) is 10.2. The highest BCUT2D eigenvalue weighted by atomic mass is 32.2. The first-order chi connectivity index (χ1) is 16.3. The first-order valence-electron chi connectivity index (χ1n) is 12.8. The van der Waals surface area contributed by atoms with Crippen LogP contribution in [0, 0.1) is 34.5 Å². The maximum absolute atomic E-state index is 13.8. The van der Waals surface area contributed by atoms with E-state index in [1.165, 1.54) is 18.4 Å². The Morgan fingerprint density at radius 2 is 1.94 bits per heavy atom. The zero-order valence-corrected chi connectivity index (χ0v) is 21.2. The van der Waals surface area contributed by atoms with Crippen molar-refractivity contribution in [1.29, 1.82) is 0 Å². The Morgan fingerprint density at radius 3 is 2.76 bits per heavy atom. The van der Waals surface area contributed by atoms with Crippen LogP contribution in [-0.4, -0.2) is 37.3 Å². The maximum Gasteiger partial charge on any atom is 0.181 e. The molecule has 3 saturated carbocycles. The minimum absolute atomic E-state index is 0.0789. The van der Waals surface area contributed by atoms with Gasteiger partial charge in [0.1, 0.15) is 16.9 Å². The van der Waals surface area contributed by atoms with Crippen molar-refractivity contribution < 1.29 is 9.59 Å². The smallest absolute Gasteiger partial charge is 0.181 e. The van der Waals surface area contributed by atoms with Crippen LogP contribution in [0.25, 0.3) is 11.2 Å². The Bertz CT molecular complexity index is 1200. The molecule has 180 valence electrons. The van der Waals surface area contributed by atoms with Crippen LogP contribution < -0.4 is 0 Å². The van der Waals surface area contributed by atoms with E-state index < -0.39 is 0 Å². The molecule has 0 amide bonds. The van der Waals surface area contributed by atoms with Crippen molar-refractivity contribution in [2.45, 2.75) is 76.8 Å². The van der Waals surface area contributed by atoms with Crippen molar-refractivity contribution in [2.75, 3.05) is 6.26 Å². The molecule has 3 fully saturated rings. The monoisotopic (exact) mass is 478 g/mol. The van der Waals surface area contributed by atoms with Crippen molar-refractivity contribution >= 4 is 34.5 Å². The average Bonchev–Trinajstić information content (AvgIpc) is 3.40. The molecule has 4 aliphatic rings. The van der Waals surface area contributed by atoms with E-state index in [4.69, 9.17) is 0 Å². The van der Waals surface area contributed by atoms with Crippen molar-refractivity contribution in [3.63, 3.8) is 0 Å². The van der Waals surface area contributed by atoms with Gasteiger partial charge in [-0.1, -0.05) is 19.4 Å². The predicted octanol–water partition coefficient (Wildman–Crippen LogP) is 5.27. The molecule has 0 N–H and O–H groups in total. The molecular formula is C27H34N4O2S. The first kappa shape index (κ1) is 22.4. The summed E-state index contributed by atoms with van der Waals surface area (Å²) in [6.07, 6.45) is 15.7. The number of carbonyl (C=O) groups is 2. The summed E-state index contributed by atoms with van der Waals surface area (Å²) in [5, 5.41) is 0.872. The van der Waals surface area contributed by atoms with Gasteiger partial charge in [0.2, 0.25) is 0 Å². The summed E-state index contributed by atoms with van der Waals surface area (Å²) in [5.74, 6) is 2.71. The van der Waals surface area contributed by atoms with E-state index in [1.54, 1.807) is 24.4 Å². The zero-order chi connectivity index (χ0) is 23.7. The molecule has 0 aromatic carbocycles.